The molecule has 2 aromatic rings. The van der Waals surface area contributed by atoms with E-state index in [9.17, 15) is 0 Å². The minimum absolute atomic E-state index is 0.298. The maximum Gasteiger partial charge on any atom is 0.168 e. The molecule has 0 saturated heterocycles. The van der Waals surface area contributed by atoms with Crippen LogP contribution in [0.25, 0.3) is 11.3 Å². The fourth-order valence-corrected chi connectivity index (χ4v) is 2.92. The van der Waals surface area contributed by atoms with E-state index in [1.165, 1.54) is 18.4 Å². The van der Waals surface area contributed by atoms with E-state index in [-0.39, 0.29) is 0 Å². The fraction of sp³-hybridized carbons (Fsp3) is 0.417. The summed E-state index contributed by atoms with van der Waals surface area (Å²) in [6.45, 7) is 2.01. The van der Waals surface area contributed by atoms with E-state index >= 15 is 0 Å². The molecule has 1 N–H and O–H groups in total. The topological polar surface area (TPSA) is 41.8 Å². The van der Waals surface area contributed by atoms with Crippen molar-refractivity contribution >= 4 is 13.5 Å². The first kappa shape index (κ1) is 8.68. The SMILES string of the molecule is [B]c1oc2c(c1C)-c1[nH]ncc1C1(CC1)C2. The standard InChI is InChI=1S/C12H11BN2O/c1-6-9-8(16-11(6)13)4-12(2-3-12)7-5-14-15-10(7)9/h5H,2-4H2,1H3,(H,14,15). The van der Waals surface area contributed by atoms with E-state index in [0.717, 1.165) is 29.0 Å². The predicted molar refractivity (Wildman–Crippen MR) is 61.0 cm³/mol. The molecule has 1 fully saturated rings. The summed E-state index contributed by atoms with van der Waals surface area (Å²) in [4.78, 5) is 0. The Bertz CT molecular complexity index is 592. The Hall–Kier alpha value is -1.45. The molecule has 0 unspecified atom stereocenters. The number of aromatic amines is 1. The highest BCUT2D eigenvalue weighted by atomic mass is 16.3. The molecule has 0 amide bonds. The summed E-state index contributed by atoms with van der Waals surface area (Å²) in [6, 6.07) is 0. The summed E-state index contributed by atoms with van der Waals surface area (Å²) < 4.78 is 5.67. The molecule has 2 heterocycles. The predicted octanol–water partition coefficient (Wildman–Crippen LogP) is 1.36. The Morgan fingerprint density at radius 1 is 1.50 bits per heavy atom. The zero-order valence-corrected chi connectivity index (χ0v) is 9.13. The summed E-state index contributed by atoms with van der Waals surface area (Å²) in [6.07, 6.45) is 5.41. The number of nitrogens with zero attached hydrogens (tertiary/aromatic N) is 1. The van der Waals surface area contributed by atoms with Gasteiger partial charge in [-0.1, -0.05) is 0 Å². The second-order valence-electron chi connectivity index (χ2n) is 5.01. The van der Waals surface area contributed by atoms with E-state index in [1.807, 2.05) is 13.1 Å². The highest BCUT2D eigenvalue weighted by Gasteiger charge is 2.51. The maximum atomic E-state index is 5.85. The maximum absolute atomic E-state index is 5.85. The number of hydrogen-bond donors (Lipinski definition) is 1. The highest BCUT2D eigenvalue weighted by Crippen LogP contribution is 2.57. The summed E-state index contributed by atoms with van der Waals surface area (Å²) in [5, 5.41) is 7.28. The molecule has 2 aliphatic carbocycles. The Morgan fingerprint density at radius 3 is 3.06 bits per heavy atom. The van der Waals surface area contributed by atoms with Crippen molar-refractivity contribution < 1.29 is 4.42 Å². The number of H-pyrrole nitrogens is 1. The van der Waals surface area contributed by atoms with Crippen molar-refractivity contribution in [2.75, 3.05) is 0 Å². The van der Waals surface area contributed by atoms with Gasteiger partial charge in [0.2, 0.25) is 0 Å². The van der Waals surface area contributed by atoms with Gasteiger partial charge < -0.3 is 4.42 Å². The van der Waals surface area contributed by atoms with Gasteiger partial charge in [-0.15, -0.1) is 0 Å². The lowest BCUT2D eigenvalue weighted by Gasteiger charge is -2.20. The molecule has 78 valence electrons. The summed E-state index contributed by atoms with van der Waals surface area (Å²) in [5.41, 5.74) is 5.49. The molecule has 0 aliphatic heterocycles. The third-order valence-corrected chi connectivity index (χ3v) is 4.07. The van der Waals surface area contributed by atoms with Crippen molar-refractivity contribution in [1.29, 1.82) is 0 Å². The second kappa shape index (κ2) is 2.45. The van der Waals surface area contributed by atoms with Gasteiger partial charge in [0, 0.05) is 23.0 Å². The van der Waals surface area contributed by atoms with Crippen molar-refractivity contribution in [3.8, 4) is 11.3 Å². The van der Waals surface area contributed by atoms with Crippen molar-refractivity contribution in [3.63, 3.8) is 0 Å². The zero-order chi connectivity index (χ0) is 10.9. The van der Waals surface area contributed by atoms with Crippen LogP contribution in [0.4, 0.5) is 0 Å². The minimum Gasteiger partial charge on any atom is -0.477 e. The average Bonchev–Trinajstić information content (AvgIpc) is 2.72. The second-order valence-corrected chi connectivity index (χ2v) is 5.01. The van der Waals surface area contributed by atoms with Crippen molar-refractivity contribution in [2.45, 2.75) is 31.6 Å². The van der Waals surface area contributed by atoms with Crippen LogP contribution >= 0.6 is 0 Å². The van der Waals surface area contributed by atoms with Gasteiger partial charge in [0.15, 0.2) is 7.85 Å². The van der Waals surface area contributed by atoms with Crippen LogP contribution in [-0.2, 0) is 11.8 Å². The minimum atomic E-state index is 0.298. The number of furan rings is 1. The molecule has 0 bridgehead atoms. The number of fused-ring (bicyclic) bond motifs is 4. The molecule has 2 aliphatic rings. The molecule has 1 saturated carbocycles. The number of rotatable bonds is 0. The van der Waals surface area contributed by atoms with E-state index in [2.05, 4.69) is 10.2 Å². The Kier molecular flexibility index (Phi) is 1.33. The molecule has 2 radical (unpaired) electrons. The number of nitrogens with one attached hydrogen (secondary N) is 1. The van der Waals surface area contributed by atoms with Crippen LogP contribution in [0.5, 0.6) is 0 Å². The van der Waals surface area contributed by atoms with Crippen LogP contribution in [0.2, 0.25) is 0 Å². The third kappa shape index (κ3) is 0.844. The van der Waals surface area contributed by atoms with Gasteiger partial charge in [0.05, 0.1) is 17.6 Å². The largest absolute Gasteiger partial charge is 0.477 e. The molecule has 0 aromatic carbocycles. The van der Waals surface area contributed by atoms with E-state index in [0.29, 0.717) is 11.1 Å². The van der Waals surface area contributed by atoms with Crippen LogP contribution in [0.1, 0.15) is 29.7 Å². The van der Waals surface area contributed by atoms with E-state index in [4.69, 9.17) is 12.3 Å². The van der Waals surface area contributed by atoms with E-state index < -0.39 is 0 Å². The van der Waals surface area contributed by atoms with E-state index in [1.54, 1.807) is 0 Å². The molecule has 4 heteroatoms. The Morgan fingerprint density at radius 2 is 2.31 bits per heavy atom. The summed E-state index contributed by atoms with van der Waals surface area (Å²) >= 11 is 0. The highest BCUT2D eigenvalue weighted by molar-refractivity contribution is 6.31. The smallest absolute Gasteiger partial charge is 0.168 e. The lowest BCUT2D eigenvalue weighted by molar-refractivity contribution is 0.497. The van der Waals surface area contributed by atoms with Crippen molar-refractivity contribution in [1.82, 2.24) is 10.2 Å². The number of aromatic nitrogens is 2. The quantitative estimate of drug-likeness (QED) is 0.667. The van der Waals surface area contributed by atoms with Gasteiger partial charge in [0.1, 0.15) is 5.76 Å². The average molecular weight is 210 g/mol. The first-order valence-electron chi connectivity index (χ1n) is 5.63. The molecule has 1 spiro atoms. The first-order chi connectivity index (χ1) is 7.71. The monoisotopic (exact) mass is 210 g/mol. The van der Waals surface area contributed by atoms with Crippen LogP contribution in [0, 0.1) is 6.92 Å². The lowest BCUT2D eigenvalue weighted by Crippen LogP contribution is -2.15. The Balaban J connectivity index is 2.06. The van der Waals surface area contributed by atoms with Gasteiger partial charge in [0.25, 0.3) is 0 Å². The molecule has 16 heavy (non-hydrogen) atoms. The molecule has 4 rings (SSSR count). The Labute approximate surface area is 94.6 Å². The van der Waals surface area contributed by atoms with Crippen LogP contribution in [0.15, 0.2) is 10.6 Å². The van der Waals surface area contributed by atoms with Crippen molar-refractivity contribution in [2.24, 2.45) is 0 Å². The van der Waals surface area contributed by atoms with Crippen LogP contribution in [0.3, 0.4) is 0 Å². The van der Waals surface area contributed by atoms with Crippen LogP contribution in [-0.4, -0.2) is 18.0 Å². The normalized spacial score (nSPS) is 19.6. The molecule has 0 atom stereocenters. The lowest BCUT2D eigenvalue weighted by atomic mass is 9.82. The third-order valence-electron chi connectivity index (χ3n) is 4.07. The van der Waals surface area contributed by atoms with Gasteiger partial charge in [-0.2, -0.15) is 5.10 Å². The molecule has 2 aromatic heterocycles. The van der Waals surface area contributed by atoms with Gasteiger partial charge in [-0.3, -0.25) is 5.10 Å². The van der Waals surface area contributed by atoms with Gasteiger partial charge in [-0.25, -0.2) is 0 Å². The summed E-state index contributed by atoms with van der Waals surface area (Å²) in [5.74, 6) is 1.03. The van der Waals surface area contributed by atoms with Gasteiger partial charge >= 0.3 is 0 Å². The first-order valence-corrected chi connectivity index (χ1v) is 5.63. The zero-order valence-electron chi connectivity index (χ0n) is 9.13. The molecule has 3 nitrogen and oxygen atoms in total. The fourth-order valence-electron chi connectivity index (χ4n) is 2.92. The number of hydrogen-bond acceptors (Lipinski definition) is 2. The molecular formula is C12H11BN2O. The summed E-state index contributed by atoms with van der Waals surface area (Å²) in [7, 11) is 5.85. The molecular weight excluding hydrogens is 199 g/mol. The van der Waals surface area contributed by atoms with Gasteiger partial charge in [-0.05, 0) is 25.3 Å². The van der Waals surface area contributed by atoms with Crippen molar-refractivity contribution in [3.05, 3.63) is 23.1 Å². The van der Waals surface area contributed by atoms with Crippen LogP contribution < -0.4 is 5.66 Å².